The smallest absolute Gasteiger partial charge is 0.265 e. The van der Waals surface area contributed by atoms with Crippen molar-refractivity contribution >= 4 is 23.4 Å². The third-order valence-electron chi connectivity index (χ3n) is 5.95. The third-order valence-corrected chi connectivity index (χ3v) is 5.95. The second kappa shape index (κ2) is 11.1. The number of rotatable bonds is 8. The molecule has 0 unspecified atom stereocenters. The summed E-state index contributed by atoms with van der Waals surface area (Å²) >= 11 is 0. The normalized spacial score (nSPS) is 16.8. The van der Waals surface area contributed by atoms with Crippen molar-refractivity contribution in [3.63, 3.8) is 0 Å². The third kappa shape index (κ3) is 5.97. The van der Waals surface area contributed by atoms with E-state index in [0.29, 0.717) is 36.6 Å². The maximum absolute atomic E-state index is 12.7. The number of likely N-dealkylation sites (tertiary alicyclic amines) is 1. The summed E-state index contributed by atoms with van der Waals surface area (Å²) in [5.41, 5.74) is 0.948. The van der Waals surface area contributed by atoms with Crippen LogP contribution in [0.1, 0.15) is 49.9 Å². The van der Waals surface area contributed by atoms with Gasteiger partial charge in [-0.1, -0.05) is 12.8 Å². The highest BCUT2D eigenvalue weighted by molar-refractivity contribution is 6.04. The van der Waals surface area contributed by atoms with Gasteiger partial charge >= 0.3 is 0 Å². The molecule has 31 heavy (non-hydrogen) atoms. The van der Waals surface area contributed by atoms with Gasteiger partial charge in [-0.3, -0.25) is 19.3 Å². The van der Waals surface area contributed by atoms with Crippen molar-refractivity contribution < 1.29 is 19.1 Å². The van der Waals surface area contributed by atoms with Gasteiger partial charge in [-0.25, -0.2) is 0 Å². The molecule has 0 aromatic heterocycles. The molecule has 170 valence electrons. The van der Waals surface area contributed by atoms with Crippen molar-refractivity contribution in [2.24, 2.45) is 0 Å². The Morgan fingerprint density at radius 2 is 1.81 bits per heavy atom. The molecular formula is C23H34N4O4. The Hall–Kier alpha value is -2.61. The number of ether oxygens (including phenoxy) is 1. The highest BCUT2D eigenvalue weighted by atomic mass is 16.5. The lowest BCUT2D eigenvalue weighted by Gasteiger charge is -2.30. The number of hydrogen-bond donors (Lipinski definition) is 1. The van der Waals surface area contributed by atoms with Gasteiger partial charge in [0.15, 0.2) is 6.61 Å². The van der Waals surface area contributed by atoms with Crippen LogP contribution in [0.4, 0.5) is 5.69 Å². The van der Waals surface area contributed by atoms with E-state index in [0.717, 1.165) is 19.6 Å². The van der Waals surface area contributed by atoms with Gasteiger partial charge in [-0.2, -0.15) is 0 Å². The topological polar surface area (TPSA) is 82.2 Å². The lowest BCUT2D eigenvalue weighted by molar-refractivity contribution is -0.125. The molecule has 0 atom stereocenters. The minimum atomic E-state index is -0.289. The van der Waals surface area contributed by atoms with Gasteiger partial charge < -0.3 is 19.9 Å². The van der Waals surface area contributed by atoms with Crippen LogP contribution in [0.3, 0.4) is 0 Å². The van der Waals surface area contributed by atoms with Gasteiger partial charge in [0, 0.05) is 31.7 Å². The molecule has 1 aromatic rings. The van der Waals surface area contributed by atoms with Crippen LogP contribution in [-0.4, -0.2) is 79.9 Å². The zero-order valence-corrected chi connectivity index (χ0v) is 18.7. The van der Waals surface area contributed by atoms with Gasteiger partial charge in [-0.15, -0.1) is 0 Å². The molecule has 0 bridgehead atoms. The minimum absolute atomic E-state index is 0.0852. The molecule has 0 saturated carbocycles. The molecule has 1 aromatic carbocycles. The first-order valence-electron chi connectivity index (χ1n) is 11.4. The van der Waals surface area contributed by atoms with Crippen LogP contribution >= 0.6 is 0 Å². The van der Waals surface area contributed by atoms with Gasteiger partial charge in [0.25, 0.3) is 11.8 Å². The molecule has 3 amide bonds. The summed E-state index contributed by atoms with van der Waals surface area (Å²) < 4.78 is 5.51. The minimum Gasteiger partial charge on any atom is -0.482 e. The van der Waals surface area contributed by atoms with Crippen LogP contribution in [0.15, 0.2) is 18.2 Å². The number of carbonyl (C=O) groups excluding carboxylic acids is 3. The number of hydrogen-bond acceptors (Lipinski definition) is 5. The lowest BCUT2D eigenvalue weighted by atomic mass is 10.1. The molecule has 0 radical (unpaired) electrons. The maximum atomic E-state index is 12.7. The maximum Gasteiger partial charge on any atom is 0.265 e. The first kappa shape index (κ1) is 23.1. The Kier molecular flexibility index (Phi) is 8.28. The largest absolute Gasteiger partial charge is 0.482 e. The fourth-order valence-electron chi connectivity index (χ4n) is 4.11. The number of fused-ring (bicyclic) bond motifs is 1. The molecule has 1 fully saturated rings. The molecule has 2 heterocycles. The highest BCUT2D eigenvalue weighted by Gasteiger charge is 2.28. The van der Waals surface area contributed by atoms with Gasteiger partial charge in [0.05, 0.1) is 5.69 Å². The highest BCUT2D eigenvalue weighted by Crippen LogP contribution is 2.33. The van der Waals surface area contributed by atoms with Gasteiger partial charge in [0.2, 0.25) is 5.91 Å². The van der Waals surface area contributed by atoms with Crippen molar-refractivity contribution in [2.45, 2.75) is 39.5 Å². The van der Waals surface area contributed by atoms with E-state index in [1.807, 2.05) is 13.8 Å². The number of amides is 3. The summed E-state index contributed by atoms with van der Waals surface area (Å²) in [7, 11) is 0. The van der Waals surface area contributed by atoms with Crippen molar-refractivity contribution in [1.82, 2.24) is 15.1 Å². The van der Waals surface area contributed by atoms with E-state index in [4.69, 9.17) is 4.74 Å². The van der Waals surface area contributed by atoms with E-state index in [1.165, 1.54) is 30.6 Å². The van der Waals surface area contributed by atoms with Crippen LogP contribution in [-0.2, 0) is 9.59 Å². The number of carbonyl (C=O) groups is 3. The zero-order chi connectivity index (χ0) is 22.2. The Labute approximate surface area is 184 Å². The molecule has 0 aliphatic carbocycles. The SMILES string of the molecule is CCN(CC)C(=O)c1ccc2c(c1)N(CC(=O)NCCN1CCCCCC1)C(=O)CO2. The molecule has 8 nitrogen and oxygen atoms in total. The van der Waals surface area contributed by atoms with E-state index in [1.54, 1.807) is 23.1 Å². The Morgan fingerprint density at radius 3 is 2.48 bits per heavy atom. The van der Waals surface area contributed by atoms with Gasteiger partial charge in [-0.05, 0) is 58.0 Å². The van der Waals surface area contributed by atoms with E-state index >= 15 is 0 Å². The molecule has 2 aliphatic heterocycles. The summed E-state index contributed by atoms with van der Waals surface area (Å²) in [4.78, 5) is 43.3. The molecule has 0 spiro atoms. The van der Waals surface area contributed by atoms with Crippen molar-refractivity contribution in [1.29, 1.82) is 0 Å². The number of nitrogens with zero attached hydrogens (tertiary/aromatic N) is 3. The zero-order valence-electron chi connectivity index (χ0n) is 18.7. The molecule has 3 rings (SSSR count). The second-order valence-electron chi connectivity index (χ2n) is 8.03. The standard InChI is InChI=1S/C23H34N4O4/c1-3-26(4-2)23(30)18-9-10-20-19(15-18)27(22(29)17-31-20)16-21(28)24-11-14-25-12-7-5-6-8-13-25/h9-10,15H,3-8,11-14,16-17H2,1-2H3,(H,24,28). The van der Waals surface area contributed by atoms with E-state index < -0.39 is 0 Å². The molecular weight excluding hydrogens is 396 g/mol. The van der Waals surface area contributed by atoms with Crippen molar-refractivity contribution in [3.8, 4) is 5.75 Å². The summed E-state index contributed by atoms with van der Waals surface area (Å²) in [6, 6.07) is 5.05. The molecule has 8 heteroatoms. The monoisotopic (exact) mass is 430 g/mol. The lowest BCUT2D eigenvalue weighted by Crippen LogP contribution is -2.46. The summed E-state index contributed by atoms with van der Waals surface area (Å²) in [6.07, 6.45) is 4.98. The summed E-state index contributed by atoms with van der Waals surface area (Å²) in [5, 5.41) is 2.93. The molecule has 1 saturated heterocycles. The van der Waals surface area contributed by atoms with E-state index in [2.05, 4.69) is 10.2 Å². The van der Waals surface area contributed by atoms with E-state index in [-0.39, 0.29) is 30.9 Å². The first-order valence-corrected chi connectivity index (χ1v) is 11.4. The summed E-state index contributed by atoms with van der Waals surface area (Å²) in [5.74, 6) is -0.0974. The predicted octanol–water partition coefficient (Wildman–Crippen LogP) is 1.89. The Bertz CT molecular complexity index is 786. The molecule has 1 N–H and O–H groups in total. The predicted molar refractivity (Wildman–Crippen MR) is 119 cm³/mol. The Morgan fingerprint density at radius 1 is 1.10 bits per heavy atom. The average Bonchev–Trinajstić information content (AvgIpc) is 3.05. The van der Waals surface area contributed by atoms with Crippen molar-refractivity contribution in [2.75, 3.05) is 57.3 Å². The number of benzene rings is 1. The fraction of sp³-hybridized carbons (Fsp3) is 0.609. The van der Waals surface area contributed by atoms with Crippen LogP contribution in [0.5, 0.6) is 5.75 Å². The second-order valence-corrected chi connectivity index (χ2v) is 8.03. The average molecular weight is 431 g/mol. The van der Waals surface area contributed by atoms with Crippen LogP contribution in [0.2, 0.25) is 0 Å². The first-order chi connectivity index (χ1) is 15.0. The van der Waals surface area contributed by atoms with Crippen LogP contribution in [0, 0.1) is 0 Å². The number of anilines is 1. The van der Waals surface area contributed by atoms with E-state index in [9.17, 15) is 14.4 Å². The number of nitrogens with one attached hydrogen (secondary N) is 1. The molecule has 2 aliphatic rings. The fourth-order valence-corrected chi connectivity index (χ4v) is 4.11. The van der Waals surface area contributed by atoms with Crippen LogP contribution in [0.25, 0.3) is 0 Å². The van der Waals surface area contributed by atoms with Crippen molar-refractivity contribution in [3.05, 3.63) is 23.8 Å². The quantitative estimate of drug-likeness (QED) is 0.681. The Balaban J connectivity index is 1.63. The van der Waals surface area contributed by atoms with Crippen LogP contribution < -0.4 is 15.0 Å². The summed E-state index contributed by atoms with van der Waals surface area (Å²) in [6.45, 7) is 8.39. The van der Waals surface area contributed by atoms with Gasteiger partial charge in [0.1, 0.15) is 12.3 Å².